The van der Waals surface area contributed by atoms with Gasteiger partial charge in [-0.25, -0.2) is 4.79 Å². The Kier molecular flexibility index (Phi) is 13.5. The molecule has 3 amide bonds. The second kappa shape index (κ2) is 15.1. The highest BCUT2D eigenvalue weighted by molar-refractivity contribution is 6.04. The molecule has 0 saturated carbocycles. The van der Waals surface area contributed by atoms with E-state index in [1.807, 2.05) is 6.07 Å². The molecule has 1 heterocycles. The van der Waals surface area contributed by atoms with Gasteiger partial charge in [0.2, 0.25) is 0 Å². The Morgan fingerprint density at radius 3 is 2.07 bits per heavy atom. The molecule has 0 atom stereocenters. The summed E-state index contributed by atoms with van der Waals surface area (Å²) >= 11 is 0. The fraction of sp³-hybridized carbons (Fsp3) is 0.444. The molecule has 1 aliphatic heterocycles. The number of imide groups is 1. The Morgan fingerprint density at radius 1 is 1.07 bits per heavy atom. The van der Waals surface area contributed by atoms with E-state index >= 15 is 0 Å². The van der Waals surface area contributed by atoms with Gasteiger partial charge in [-0.3, -0.25) is 24.6 Å². The summed E-state index contributed by atoms with van der Waals surface area (Å²) in [7, 11) is 3.83. The SMILES string of the molecule is CN1CCN(CCN(C)C(=O)NC(=O)c2ccccc2)CC1.O=CO.O=CO. The monoisotopic (exact) mass is 396 g/mol. The average Bonchev–Trinajstić information content (AvgIpc) is 2.69. The molecule has 0 spiro atoms. The zero-order valence-electron chi connectivity index (χ0n) is 16.2. The van der Waals surface area contributed by atoms with Crippen molar-refractivity contribution in [1.29, 1.82) is 0 Å². The van der Waals surface area contributed by atoms with Crippen LogP contribution in [-0.2, 0) is 9.59 Å². The molecule has 0 radical (unpaired) electrons. The zero-order chi connectivity index (χ0) is 21.4. The van der Waals surface area contributed by atoms with Crippen LogP contribution in [0.15, 0.2) is 30.3 Å². The van der Waals surface area contributed by atoms with Crippen LogP contribution in [0.5, 0.6) is 0 Å². The molecule has 1 aromatic rings. The van der Waals surface area contributed by atoms with E-state index in [-0.39, 0.29) is 24.9 Å². The number of nitrogens with one attached hydrogen (secondary N) is 1. The van der Waals surface area contributed by atoms with Gasteiger partial charge in [-0.1, -0.05) is 18.2 Å². The number of hydrogen-bond acceptors (Lipinski definition) is 6. The van der Waals surface area contributed by atoms with E-state index in [0.29, 0.717) is 12.1 Å². The van der Waals surface area contributed by atoms with Crippen LogP contribution in [0.4, 0.5) is 4.79 Å². The lowest BCUT2D eigenvalue weighted by molar-refractivity contribution is -0.123. The summed E-state index contributed by atoms with van der Waals surface area (Å²) in [6, 6.07) is 8.40. The van der Waals surface area contributed by atoms with E-state index in [1.165, 1.54) is 0 Å². The molecule has 1 fully saturated rings. The van der Waals surface area contributed by atoms with Crippen LogP contribution in [0.25, 0.3) is 0 Å². The molecule has 156 valence electrons. The van der Waals surface area contributed by atoms with Crippen molar-refractivity contribution in [2.24, 2.45) is 0 Å². The minimum Gasteiger partial charge on any atom is -0.483 e. The Balaban J connectivity index is 0.00000108. The van der Waals surface area contributed by atoms with Gasteiger partial charge in [-0.05, 0) is 19.2 Å². The number of rotatable bonds is 4. The molecule has 10 nitrogen and oxygen atoms in total. The first-order valence-corrected chi connectivity index (χ1v) is 8.57. The maximum Gasteiger partial charge on any atom is 0.324 e. The highest BCUT2D eigenvalue weighted by atomic mass is 16.3. The van der Waals surface area contributed by atoms with Gasteiger partial charge < -0.3 is 20.0 Å². The van der Waals surface area contributed by atoms with Gasteiger partial charge in [-0.15, -0.1) is 0 Å². The second-order valence-electron chi connectivity index (χ2n) is 5.90. The van der Waals surface area contributed by atoms with Crippen molar-refractivity contribution in [3.63, 3.8) is 0 Å². The van der Waals surface area contributed by atoms with Crippen molar-refractivity contribution in [1.82, 2.24) is 20.0 Å². The van der Waals surface area contributed by atoms with Crippen molar-refractivity contribution in [3.05, 3.63) is 35.9 Å². The van der Waals surface area contributed by atoms with Crippen LogP contribution in [0, 0.1) is 0 Å². The average molecular weight is 396 g/mol. The van der Waals surface area contributed by atoms with Crippen molar-refractivity contribution in [2.45, 2.75) is 0 Å². The number of amides is 3. The summed E-state index contributed by atoms with van der Waals surface area (Å²) < 4.78 is 0. The van der Waals surface area contributed by atoms with E-state index < -0.39 is 0 Å². The third-order valence-electron chi connectivity index (χ3n) is 3.95. The van der Waals surface area contributed by atoms with Gasteiger partial charge in [0.05, 0.1) is 0 Å². The summed E-state index contributed by atoms with van der Waals surface area (Å²) in [5.41, 5.74) is 0.489. The Labute approximate surface area is 164 Å². The Hall–Kier alpha value is -2.98. The lowest BCUT2D eigenvalue weighted by Gasteiger charge is -2.33. The van der Waals surface area contributed by atoms with Crippen LogP contribution in [-0.4, -0.2) is 103 Å². The molecule has 1 saturated heterocycles. The fourth-order valence-corrected chi connectivity index (χ4v) is 2.32. The predicted octanol–water partition coefficient (Wildman–Crippen LogP) is 0.117. The van der Waals surface area contributed by atoms with Gasteiger partial charge in [0.25, 0.3) is 18.9 Å². The molecular weight excluding hydrogens is 368 g/mol. The summed E-state index contributed by atoms with van der Waals surface area (Å²) in [5, 5.41) is 16.2. The number of nitrogens with zero attached hydrogens (tertiary/aromatic N) is 3. The minimum absolute atomic E-state index is 0.250. The number of benzene rings is 1. The largest absolute Gasteiger partial charge is 0.483 e. The lowest BCUT2D eigenvalue weighted by Crippen LogP contribution is -2.48. The molecule has 1 aliphatic rings. The van der Waals surface area contributed by atoms with Gasteiger partial charge in [0, 0.05) is 51.9 Å². The van der Waals surface area contributed by atoms with Crippen LogP contribution in [0.2, 0.25) is 0 Å². The first kappa shape index (κ1) is 25.0. The highest BCUT2D eigenvalue weighted by Crippen LogP contribution is 2.00. The molecule has 0 aliphatic carbocycles. The summed E-state index contributed by atoms with van der Waals surface area (Å²) in [6.07, 6.45) is 0. The van der Waals surface area contributed by atoms with Crippen molar-refractivity contribution in [2.75, 3.05) is 53.4 Å². The first-order chi connectivity index (χ1) is 13.4. The first-order valence-electron chi connectivity index (χ1n) is 8.57. The number of piperazine rings is 1. The molecule has 28 heavy (non-hydrogen) atoms. The van der Waals surface area contributed by atoms with Crippen LogP contribution in [0.1, 0.15) is 10.4 Å². The molecule has 10 heteroatoms. The minimum atomic E-state index is -0.364. The Morgan fingerprint density at radius 2 is 1.57 bits per heavy atom. The highest BCUT2D eigenvalue weighted by Gasteiger charge is 2.17. The third-order valence-corrected chi connectivity index (χ3v) is 3.95. The van der Waals surface area contributed by atoms with E-state index in [4.69, 9.17) is 19.8 Å². The van der Waals surface area contributed by atoms with Crippen molar-refractivity contribution < 1.29 is 29.4 Å². The number of carbonyl (C=O) groups is 4. The van der Waals surface area contributed by atoms with Gasteiger partial charge in [0.1, 0.15) is 0 Å². The molecule has 3 N–H and O–H groups in total. The standard InChI is InChI=1S/C16H24N4O2.2CH2O2/c1-18-8-11-20(12-9-18)13-10-19(2)16(22)17-15(21)14-6-4-3-5-7-14;2*2-1-3/h3-7H,8-13H2,1-2H3,(H,17,21,22);2*1H,(H,2,3). The van der Waals surface area contributed by atoms with Gasteiger partial charge in [-0.2, -0.15) is 0 Å². The number of hydrogen-bond donors (Lipinski definition) is 3. The van der Waals surface area contributed by atoms with E-state index in [1.54, 1.807) is 36.2 Å². The van der Waals surface area contributed by atoms with Gasteiger partial charge >= 0.3 is 6.03 Å². The van der Waals surface area contributed by atoms with E-state index in [9.17, 15) is 9.59 Å². The quantitative estimate of drug-likeness (QED) is 0.612. The van der Waals surface area contributed by atoms with Crippen LogP contribution < -0.4 is 5.32 Å². The van der Waals surface area contributed by atoms with Gasteiger partial charge in [0.15, 0.2) is 0 Å². The second-order valence-corrected chi connectivity index (χ2v) is 5.90. The smallest absolute Gasteiger partial charge is 0.324 e. The normalized spacial score (nSPS) is 13.6. The number of likely N-dealkylation sites (N-methyl/N-ethyl adjacent to an activating group) is 2. The maximum absolute atomic E-state index is 12.0. The molecule has 0 aromatic heterocycles. The van der Waals surface area contributed by atoms with E-state index in [2.05, 4.69) is 22.2 Å². The summed E-state index contributed by atoms with van der Waals surface area (Å²) in [4.78, 5) is 46.9. The molecule has 2 rings (SSSR count). The topological polar surface area (TPSA) is 130 Å². The summed E-state index contributed by atoms with van der Waals surface area (Å²) in [5.74, 6) is -0.364. The van der Waals surface area contributed by atoms with Crippen molar-refractivity contribution in [3.8, 4) is 0 Å². The molecule has 0 bridgehead atoms. The maximum atomic E-state index is 12.0. The summed E-state index contributed by atoms with van der Waals surface area (Å²) in [6.45, 7) is 5.10. The zero-order valence-corrected chi connectivity index (χ0v) is 16.2. The lowest BCUT2D eigenvalue weighted by atomic mass is 10.2. The van der Waals surface area contributed by atoms with Crippen LogP contribution in [0.3, 0.4) is 0 Å². The van der Waals surface area contributed by atoms with Crippen LogP contribution >= 0.6 is 0 Å². The third kappa shape index (κ3) is 10.9. The molecular formula is C18H28N4O6. The molecule has 1 aromatic carbocycles. The number of urea groups is 1. The fourth-order valence-electron chi connectivity index (χ4n) is 2.32. The molecule has 0 unspecified atom stereocenters. The predicted molar refractivity (Wildman–Crippen MR) is 103 cm³/mol. The van der Waals surface area contributed by atoms with E-state index in [0.717, 1.165) is 32.7 Å². The number of carboxylic acid groups (broad SMARTS) is 2. The van der Waals surface area contributed by atoms with Crippen molar-refractivity contribution >= 4 is 24.9 Å². The number of carbonyl (C=O) groups excluding carboxylic acids is 2. The Bertz CT molecular complexity index is 585.